The predicted molar refractivity (Wildman–Crippen MR) is 115 cm³/mol. The molecule has 2 aromatic carbocycles. The fourth-order valence-electron chi connectivity index (χ4n) is 3.17. The van der Waals surface area contributed by atoms with E-state index in [0.717, 1.165) is 23.3 Å². The van der Waals surface area contributed by atoms with Gasteiger partial charge in [0.2, 0.25) is 5.88 Å². The van der Waals surface area contributed by atoms with Crippen LogP contribution in [-0.2, 0) is 6.61 Å². The van der Waals surface area contributed by atoms with E-state index in [2.05, 4.69) is 30.9 Å². The molecule has 0 atom stereocenters. The number of ether oxygens (including phenoxy) is 1. The number of aromatic amines is 1. The number of aromatic nitrogens is 4. The van der Waals surface area contributed by atoms with Crippen LogP contribution < -0.4 is 10.3 Å². The van der Waals surface area contributed by atoms with E-state index in [1.54, 1.807) is 19.3 Å². The average molecular weight is 487 g/mol. The minimum Gasteiger partial charge on any atom is -0.472 e. The fraction of sp³-hybridized carbons (Fsp3) is 0.136. The largest absolute Gasteiger partial charge is 0.472 e. The summed E-state index contributed by atoms with van der Waals surface area (Å²) in [6, 6.07) is 8.87. The third-order valence-corrected chi connectivity index (χ3v) is 5.45. The molecule has 158 valence electrons. The van der Waals surface area contributed by atoms with Gasteiger partial charge < -0.3 is 9.72 Å². The van der Waals surface area contributed by atoms with Gasteiger partial charge in [-0.3, -0.25) is 9.36 Å². The highest BCUT2D eigenvalue weighted by molar-refractivity contribution is 9.10. The summed E-state index contributed by atoms with van der Waals surface area (Å²) in [5, 5.41) is 0. The van der Waals surface area contributed by atoms with Gasteiger partial charge in [0.1, 0.15) is 34.4 Å². The lowest BCUT2D eigenvalue weighted by molar-refractivity contribution is 0.283. The smallest absolute Gasteiger partial charge is 0.276 e. The number of nitrogens with one attached hydrogen (secondary N) is 1. The highest BCUT2D eigenvalue weighted by atomic mass is 79.9. The number of rotatable bonds is 5. The van der Waals surface area contributed by atoms with Crippen LogP contribution in [0.2, 0.25) is 0 Å². The van der Waals surface area contributed by atoms with Crippen molar-refractivity contribution in [1.29, 1.82) is 0 Å². The molecule has 0 fully saturated rings. The minimum absolute atomic E-state index is 0.0299. The number of hydrogen-bond acceptors (Lipinski definition) is 4. The van der Waals surface area contributed by atoms with E-state index >= 15 is 0 Å². The maximum Gasteiger partial charge on any atom is 0.276 e. The third kappa shape index (κ3) is 4.13. The van der Waals surface area contributed by atoms with Crippen molar-refractivity contribution in [3.8, 4) is 23.0 Å². The normalized spacial score (nSPS) is 11.0. The molecule has 0 unspecified atom stereocenters. The maximum absolute atomic E-state index is 13.9. The molecule has 0 aliphatic heterocycles. The Hall–Kier alpha value is -3.33. The first kappa shape index (κ1) is 20.9. The molecule has 2 aromatic heterocycles. The van der Waals surface area contributed by atoms with E-state index in [-0.39, 0.29) is 28.1 Å². The molecule has 4 rings (SSSR count). The minimum atomic E-state index is -0.730. The number of imidazole rings is 1. The second kappa shape index (κ2) is 8.43. The van der Waals surface area contributed by atoms with E-state index < -0.39 is 11.6 Å². The van der Waals surface area contributed by atoms with Crippen LogP contribution >= 0.6 is 15.9 Å². The summed E-state index contributed by atoms with van der Waals surface area (Å²) in [7, 11) is 0. The van der Waals surface area contributed by atoms with Crippen LogP contribution in [0.3, 0.4) is 0 Å². The maximum atomic E-state index is 13.9. The van der Waals surface area contributed by atoms with Gasteiger partial charge in [0.25, 0.3) is 5.56 Å². The van der Waals surface area contributed by atoms with Gasteiger partial charge in [-0.1, -0.05) is 12.1 Å². The summed E-state index contributed by atoms with van der Waals surface area (Å²) in [6.07, 6.45) is 3.38. The van der Waals surface area contributed by atoms with Crippen LogP contribution in [0, 0.1) is 25.5 Å². The predicted octanol–water partition coefficient (Wildman–Crippen LogP) is 4.86. The molecule has 4 aromatic rings. The van der Waals surface area contributed by atoms with Crippen molar-refractivity contribution in [2.24, 2.45) is 0 Å². The number of hydrogen-bond donors (Lipinski definition) is 1. The lowest BCUT2D eigenvalue weighted by Crippen LogP contribution is -2.24. The SMILES string of the molecule is Cc1ccc(-c2ncc[nH]2)cc1-n1c(C)nc(OCc2ccc(F)cc2F)c(Br)c1=O. The Bertz CT molecular complexity index is 1320. The fourth-order valence-corrected chi connectivity index (χ4v) is 3.55. The summed E-state index contributed by atoms with van der Waals surface area (Å²) in [6.45, 7) is 3.37. The molecule has 31 heavy (non-hydrogen) atoms. The topological polar surface area (TPSA) is 72.8 Å². The zero-order valence-electron chi connectivity index (χ0n) is 16.6. The highest BCUT2D eigenvalue weighted by Crippen LogP contribution is 2.26. The molecule has 0 aliphatic rings. The molecule has 2 heterocycles. The van der Waals surface area contributed by atoms with E-state index in [4.69, 9.17) is 4.74 Å². The average Bonchev–Trinajstić information content (AvgIpc) is 3.27. The van der Waals surface area contributed by atoms with Crippen LogP contribution in [0.5, 0.6) is 5.88 Å². The second-order valence-corrected chi connectivity index (χ2v) is 7.68. The quantitative estimate of drug-likeness (QED) is 0.437. The molecule has 0 aliphatic carbocycles. The number of halogens is 3. The zero-order chi connectivity index (χ0) is 22.1. The Labute approximate surface area is 184 Å². The summed E-state index contributed by atoms with van der Waals surface area (Å²) in [4.78, 5) is 24.8. The Kier molecular flexibility index (Phi) is 5.69. The zero-order valence-corrected chi connectivity index (χ0v) is 18.2. The van der Waals surface area contributed by atoms with Gasteiger partial charge in [-0.05, 0) is 53.5 Å². The van der Waals surface area contributed by atoms with Gasteiger partial charge in [0.05, 0.1) is 5.69 Å². The van der Waals surface area contributed by atoms with Gasteiger partial charge in [-0.25, -0.2) is 13.8 Å². The van der Waals surface area contributed by atoms with Crippen LogP contribution in [0.1, 0.15) is 17.0 Å². The molecule has 0 spiro atoms. The molecule has 0 saturated carbocycles. The summed E-state index contributed by atoms with van der Waals surface area (Å²) >= 11 is 3.25. The number of nitrogens with zero attached hydrogens (tertiary/aromatic N) is 3. The molecule has 6 nitrogen and oxygen atoms in total. The van der Waals surface area contributed by atoms with Crippen molar-refractivity contribution < 1.29 is 13.5 Å². The van der Waals surface area contributed by atoms with Crippen molar-refractivity contribution >= 4 is 15.9 Å². The summed E-state index contributed by atoms with van der Waals surface area (Å²) in [5.41, 5.74) is 2.12. The first-order valence-corrected chi connectivity index (χ1v) is 10.1. The first-order valence-electron chi connectivity index (χ1n) is 9.32. The molecule has 0 saturated heterocycles. The van der Waals surface area contributed by atoms with Crippen molar-refractivity contribution in [3.05, 3.63) is 92.2 Å². The number of H-pyrrole nitrogens is 1. The van der Waals surface area contributed by atoms with Crippen molar-refractivity contribution in [3.63, 3.8) is 0 Å². The highest BCUT2D eigenvalue weighted by Gasteiger charge is 2.18. The summed E-state index contributed by atoms with van der Waals surface area (Å²) in [5.74, 6) is -0.303. The lowest BCUT2D eigenvalue weighted by atomic mass is 10.1. The molecule has 0 amide bonds. The van der Waals surface area contributed by atoms with E-state index in [0.29, 0.717) is 17.3 Å². The van der Waals surface area contributed by atoms with Crippen LogP contribution in [0.25, 0.3) is 17.1 Å². The molecule has 1 N–H and O–H groups in total. The Balaban J connectivity index is 1.71. The van der Waals surface area contributed by atoms with Gasteiger partial charge in [-0.2, -0.15) is 4.98 Å². The van der Waals surface area contributed by atoms with Crippen molar-refractivity contribution in [2.45, 2.75) is 20.5 Å². The molecular weight excluding hydrogens is 470 g/mol. The monoisotopic (exact) mass is 486 g/mol. The van der Waals surface area contributed by atoms with Crippen LogP contribution in [0.15, 0.2) is 58.1 Å². The third-order valence-electron chi connectivity index (χ3n) is 4.77. The molecule has 0 radical (unpaired) electrons. The first-order chi connectivity index (χ1) is 14.8. The van der Waals surface area contributed by atoms with Gasteiger partial charge >= 0.3 is 0 Å². The van der Waals surface area contributed by atoms with Gasteiger partial charge in [-0.15, -0.1) is 0 Å². The Morgan fingerprint density at radius 2 is 1.97 bits per heavy atom. The van der Waals surface area contributed by atoms with E-state index in [9.17, 15) is 13.6 Å². The second-order valence-electron chi connectivity index (χ2n) is 6.88. The van der Waals surface area contributed by atoms with E-state index in [1.807, 2.05) is 25.1 Å². The van der Waals surface area contributed by atoms with Crippen molar-refractivity contribution in [2.75, 3.05) is 0 Å². The van der Waals surface area contributed by atoms with E-state index in [1.165, 1.54) is 10.6 Å². The van der Waals surface area contributed by atoms with Crippen molar-refractivity contribution in [1.82, 2.24) is 19.5 Å². The molecular formula is C22H17BrF2N4O2. The Morgan fingerprint density at radius 1 is 1.16 bits per heavy atom. The lowest BCUT2D eigenvalue weighted by Gasteiger charge is -2.16. The van der Waals surface area contributed by atoms with Crippen LogP contribution in [-0.4, -0.2) is 19.5 Å². The standard InChI is InChI=1S/C22H17BrF2N4O2/c1-12-3-4-14(20-26-7-8-27-20)9-18(12)29-13(2)28-21(19(23)22(29)30)31-11-15-5-6-16(24)10-17(15)25/h3-10H,11H2,1-2H3,(H,26,27). The molecule has 0 bridgehead atoms. The van der Waals surface area contributed by atoms with Crippen LogP contribution in [0.4, 0.5) is 8.78 Å². The van der Waals surface area contributed by atoms with Gasteiger partial charge in [0, 0.05) is 29.6 Å². The summed E-state index contributed by atoms with van der Waals surface area (Å²) < 4.78 is 34.1. The number of benzene rings is 2. The van der Waals surface area contributed by atoms with Gasteiger partial charge in [0.15, 0.2) is 0 Å². The molecule has 9 heteroatoms. The number of aryl methyl sites for hydroxylation is 2. The Morgan fingerprint density at radius 3 is 2.68 bits per heavy atom.